The molecule has 0 saturated heterocycles. The van der Waals surface area contributed by atoms with Gasteiger partial charge in [-0.15, -0.1) is 0 Å². The SMILES string of the molecule is CC([S+]=O)c1ccccc1. The van der Waals surface area contributed by atoms with Crippen LogP contribution in [0.25, 0.3) is 0 Å². The molecule has 1 rings (SSSR count). The molecule has 0 aromatic heterocycles. The van der Waals surface area contributed by atoms with E-state index in [1.54, 1.807) is 0 Å². The predicted molar refractivity (Wildman–Crippen MR) is 42.9 cm³/mol. The lowest BCUT2D eigenvalue weighted by Gasteiger charge is -1.90. The minimum absolute atomic E-state index is 0.0706. The maximum Gasteiger partial charge on any atom is 0.466 e. The van der Waals surface area contributed by atoms with Gasteiger partial charge in [-0.2, -0.15) is 0 Å². The second-order valence-corrected chi connectivity index (χ2v) is 3.05. The van der Waals surface area contributed by atoms with Crippen LogP contribution in [0.1, 0.15) is 17.7 Å². The van der Waals surface area contributed by atoms with Crippen LogP contribution in [0, 0.1) is 0 Å². The van der Waals surface area contributed by atoms with Crippen molar-refractivity contribution in [3.63, 3.8) is 0 Å². The molecule has 2 heteroatoms. The van der Waals surface area contributed by atoms with Crippen LogP contribution >= 0.6 is 0 Å². The van der Waals surface area contributed by atoms with E-state index in [9.17, 15) is 4.21 Å². The summed E-state index contributed by atoms with van der Waals surface area (Å²) < 4.78 is 10.3. The Bertz CT molecular complexity index is 208. The Morgan fingerprint density at radius 3 is 2.40 bits per heavy atom. The summed E-state index contributed by atoms with van der Waals surface area (Å²) in [4.78, 5) is 0. The number of benzene rings is 1. The van der Waals surface area contributed by atoms with E-state index in [0.29, 0.717) is 11.7 Å². The molecule has 0 heterocycles. The van der Waals surface area contributed by atoms with Gasteiger partial charge in [-0.25, -0.2) is 0 Å². The topological polar surface area (TPSA) is 17.1 Å². The molecule has 0 N–H and O–H groups in total. The van der Waals surface area contributed by atoms with Gasteiger partial charge in [-0.3, -0.25) is 0 Å². The molecule has 10 heavy (non-hydrogen) atoms. The number of rotatable bonds is 2. The standard InChI is InChI=1S/C8H9OS/c1-7(10-9)8-5-3-2-4-6-8/h2-7H,1H3/q+1. The van der Waals surface area contributed by atoms with E-state index >= 15 is 0 Å². The molecule has 0 aliphatic rings. The van der Waals surface area contributed by atoms with E-state index in [-0.39, 0.29) is 5.25 Å². The third-order valence-electron chi connectivity index (χ3n) is 1.41. The fourth-order valence-corrected chi connectivity index (χ4v) is 1.05. The molecule has 1 nitrogen and oxygen atoms in total. The predicted octanol–water partition coefficient (Wildman–Crippen LogP) is 2.18. The lowest BCUT2D eigenvalue weighted by Crippen LogP contribution is -1.87. The molecule has 1 aromatic rings. The number of hydrogen-bond acceptors (Lipinski definition) is 1. The first-order chi connectivity index (χ1) is 4.84. The lowest BCUT2D eigenvalue weighted by atomic mass is 10.2. The molecule has 0 aliphatic carbocycles. The second kappa shape index (κ2) is 3.42. The van der Waals surface area contributed by atoms with E-state index in [0.717, 1.165) is 5.56 Å². The van der Waals surface area contributed by atoms with Crippen LogP contribution in [0.4, 0.5) is 0 Å². The Morgan fingerprint density at radius 2 is 1.90 bits per heavy atom. The van der Waals surface area contributed by atoms with Crippen molar-refractivity contribution in [2.45, 2.75) is 12.2 Å². The Hall–Kier alpha value is -0.760. The van der Waals surface area contributed by atoms with Gasteiger partial charge in [0, 0.05) is 16.7 Å². The maximum atomic E-state index is 10.3. The van der Waals surface area contributed by atoms with Gasteiger partial charge in [-0.05, 0) is 0 Å². The highest BCUT2D eigenvalue weighted by Crippen LogP contribution is 2.12. The largest absolute Gasteiger partial charge is 0.466 e. The van der Waals surface area contributed by atoms with Crippen molar-refractivity contribution in [3.8, 4) is 0 Å². The Balaban J connectivity index is 2.84. The molecule has 1 aromatic carbocycles. The normalized spacial score (nSPS) is 12.5. The van der Waals surface area contributed by atoms with E-state index < -0.39 is 0 Å². The van der Waals surface area contributed by atoms with Gasteiger partial charge >= 0.3 is 11.7 Å². The highest BCUT2D eigenvalue weighted by Gasteiger charge is 2.15. The molecule has 0 radical (unpaired) electrons. The summed E-state index contributed by atoms with van der Waals surface area (Å²) in [6.07, 6.45) is 0. The average Bonchev–Trinajstić information content (AvgIpc) is 2.05. The van der Waals surface area contributed by atoms with E-state index in [2.05, 4.69) is 0 Å². The number of hydrogen-bond donors (Lipinski definition) is 0. The van der Waals surface area contributed by atoms with Crippen molar-refractivity contribution in [2.24, 2.45) is 0 Å². The summed E-state index contributed by atoms with van der Waals surface area (Å²) in [7, 11) is 0. The summed E-state index contributed by atoms with van der Waals surface area (Å²) in [5.74, 6) is 0. The Morgan fingerprint density at radius 1 is 1.30 bits per heavy atom. The molecule has 0 amide bonds. The smallest absolute Gasteiger partial charge is 0.0622 e. The van der Waals surface area contributed by atoms with E-state index in [1.165, 1.54) is 0 Å². The molecule has 52 valence electrons. The van der Waals surface area contributed by atoms with Crippen LogP contribution in [-0.2, 0) is 15.9 Å². The first-order valence-electron chi connectivity index (χ1n) is 3.18. The van der Waals surface area contributed by atoms with Crippen LogP contribution in [0.3, 0.4) is 0 Å². The van der Waals surface area contributed by atoms with Crippen molar-refractivity contribution in [1.29, 1.82) is 0 Å². The van der Waals surface area contributed by atoms with Gasteiger partial charge in [0.05, 0.1) is 0 Å². The molecular formula is C8H9OS+. The fraction of sp³-hybridized carbons (Fsp3) is 0.250. The van der Waals surface area contributed by atoms with Gasteiger partial charge in [0.15, 0.2) is 0 Å². The van der Waals surface area contributed by atoms with Gasteiger partial charge in [0.1, 0.15) is 0 Å². The van der Waals surface area contributed by atoms with Crippen LogP contribution in [0.15, 0.2) is 30.3 Å². The summed E-state index contributed by atoms with van der Waals surface area (Å²) in [5.41, 5.74) is 1.10. The summed E-state index contributed by atoms with van der Waals surface area (Å²) in [6, 6.07) is 9.78. The van der Waals surface area contributed by atoms with Crippen LogP contribution in [0.2, 0.25) is 0 Å². The first-order valence-corrected chi connectivity index (χ1v) is 3.98. The molecule has 1 atom stereocenters. The highest BCUT2D eigenvalue weighted by atomic mass is 32.1. The maximum absolute atomic E-state index is 10.3. The molecular weight excluding hydrogens is 144 g/mol. The second-order valence-electron chi connectivity index (χ2n) is 2.15. The van der Waals surface area contributed by atoms with Crippen molar-refractivity contribution >= 4 is 11.7 Å². The quantitative estimate of drug-likeness (QED) is 0.595. The molecule has 0 fully saturated rings. The van der Waals surface area contributed by atoms with E-state index in [4.69, 9.17) is 0 Å². The van der Waals surface area contributed by atoms with Gasteiger partial charge in [0.2, 0.25) is 0 Å². The monoisotopic (exact) mass is 153 g/mol. The molecule has 0 aliphatic heterocycles. The van der Waals surface area contributed by atoms with Crippen LogP contribution in [-0.4, -0.2) is 0 Å². The average molecular weight is 153 g/mol. The van der Waals surface area contributed by atoms with Gasteiger partial charge in [-0.1, -0.05) is 30.3 Å². The molecule has 0 saturated carbocycles. The minimum Gasteiger partial charge on any atom is -0.0622 e. The third kappa shape index (κ3) is 1.61. The summed E-state index contributed by atoms with van der Waals surface area (Å²) >= 11 is 0.628. The fourth-order valence-electron chi connectivity index (χ4n) is 0.780. The van der Waals surface area contributed by atoms with Crippen LogP contribution < -0.4 is 0 Å². The third-order valence-corrected chi connectivity index (χ3v) is 1.97. The summed E-state index contributed by atoms with van der Waals surface area (Å²) in [5, 5.41) is 0.0706. The molecule has 0 bridgehead atoms. The zero-order valence-corrected chi connectivity index (χ0v) is 6.60. The van der Waals surface area contributed by atoms with Crippen molar-refractivity contribution < 1.29 is 4.21 Å². The van der Waals surface area contributed by atoms with Crippen molar-refractivity contribution in [1.82, 2.24) is 0 Å². The summed E-state index contributed by atoms with van der Waals surface area (Å²) in [6.45, 7) is 1.91. The van der Waals surface area contributed by atoms with Crippen molar-refractivity contribution in [3.05, 3.63) is 35.9 Å². The highest BCUT2D eigenvalue weighted by molar-refractivity contribution is 7.65. The zero-order chi connectivity index (χ0) is 7.40. The Kier molecular flexibility index (Phi) is 2.51. The first kappa shape index (κ1) is 7.35. The molecule has 1 unspecified atom stereocenters. The van der Waals surface area contributed by atoms with Crippen LogP contribution in [0.5, 0.6) is 0 Å². The minimum atomic E-state index is 0.0706. The Labute approximate surface area is 64.6 Å². The van der Waals surface area contributed by atoms with Crippen molar-refractivity contribution in [2.75, 3.05) is 0 Å². The van der Waals surface area contributed by atoms with E-state index in [1.807, 2.05) is 37.3 Å². The zero-order valence-electron chi connectivity index (χ0n) is 5.78. The van der Waals surface area contributed by atoms with Gasteiger partial charge < -0.3 is 0 Å². The molecule has 0 spiro atoms. The lowest BCUT2D eigenvalue weighted by molar-refractivity contribution is 0.600. The van der Waals surface area contributed by atoms with Gasteiger partial charge in [0.25, 0.3) is 5.25 Å².